The topological polar surface area (TPSA) is 44.8 Å². The second kappa shape index (κ2) is 6.09. The number of hydrogen-bond donors (Lipinski definition) is 0. The maximum atomic E-state index is 10.5. The lowest BCUT2D eigenvalue weighted by molar-refractivity contribution is -0.145. The first-order valence-electron chi connectivity index (χ1n) is 7.10. The van der Waals surface area contributed by atoms with E-state index in [1.165, 1.54) is 6.08 Å². The summed E-state index contributed by atoms with van der Waals surface area (Å²) in [6.07, 6.45) is 3.53. The predicted molar refractivity (Wildman–Crippen MR) is 82.2 cm³/mol. The van der Waals surface area contributed by atoms with Gasteiger partial charge in [0.05, 0.1) is 6.61 Å². The van der Waals surface area contributed by atoms with E-state index < -0.39 is 14.1 Å². The summed E-state index contributed by atoms with van der Waals surface area (Å²) < 4.78 is 17.8. The van der Waals surface area contributed by atoms with Crippen molar-refractivity contribution in [2.45, 2.75) is 70.7 Å². The molecule has 0 amide bonds. The standard InChI is InChI=1S/C15H28O4Si/c1-14(2,3)20(6,7)17-11-13-12(9-8-10-16)18-15(4,5)19-13/h8-10,12-13H,11H2,1-7H3/b9-8+/t12-,13-/m0/s1. The van der Waals surface area contributed by atoms with Crippen LogP contribution in [-0.2, 0) is 18.7 Å². The Balaban J connectivity index is 2.70. The first-order chi connectivity index (χ1) is 8.98. The highest BCUT2D eigenvalue weighted by Gasteiger charge is 2.43. The molecule has 1 fully saturated rings. The van der Waals surface area contributed by atoms with E-state index in [1.54, 1.807) is 6.08 Å². The molecule has 4 nitrogen and oxygen atoms in total. The lowest BCUT2D eigenvalue weighted by Crippen LogP contribution is -2.43. The van der Waals surface area contributed by atoms with Crippen molar-refractivity contribution in [3.05, 3.63) is 12.2 Å². The molecule has 0 spiro atoms. The quantitative estimate of drug-likeness (QED) is 0.444. The molecule has 5 heteroatoms. The van der Waals surface area contributed by atoms with Crippen LogP contribution < -0.4 is 0 Å². The van der Waals surface area contributed by atoms with Crippen LogP contribution in [0, 0.1) is 0 Å². The summed E-state index contributed by atoms with van der Waals surface area (Å²) in [5, 5.41) is 0.163. The molecule has 1 heterocycles. The van der Waals surface area contributed by atoms with Crippen LogP contribution in [0.15, 0.2) is 12.2 Å². The van der Waals surface area contributed by atoms with Crippen molar-refractivity contribution in [3.8, 4) is 0 Å². The maximum absolute atomic E-state index is 10.5. The number of hydrogen-bond acceptors (Lipinski definition) is 4. The zero-order valence-electron chi connectivity index (χ0n) is 13.7. The molecule has 0 N–H and O–H groups in total. The Kier molecular flexibility index (Phi) is 5.35. The first kappa shape index (κ1) is 17.6. The molecule has 0 bridgehead atoms. The van der Waals surface area contributed by atoms with Gasteiger partial charge in [0.1, 0.15) is 18.5 Å². The van der Waals surface area contributed by atoms with Crippen LogP contribution in [0.4, 0.5) is 0 Å². The zero-order chi connectivity index (χ0) is 15.6. The van der Waals surface area contributed by atoms with Gasteiger partial charge in [-0.05, 0) is 44.1 Å². The van der Waals surface area contributed by atoms with Gasteiger partial charge in [0.2, 0.25) is 0 Å². The summed E-state index contributed by atoms with van der Waals surface area (Å²) in [7, 11) is -1.81. The van der Waals surface area contributed by atoms with Crippen molar-refractivity contribution in [1.82, 2.24) is 0 Å². The summed E-state index contributed by atoms with van der Waals surface area (Å²) >= 11 is 0. The largest absolute Gasteiger partial charge is 0.414 e. The van der Waals surface area contributed by atoms with Crippen molar-refractivity contribution in [2.24, 2.45) is 0 Å². The third-order valence-corrected chi connectivity index (χ3v) is 8.52. The molecule has 1 rings (SSSR count). The summed E-state index contributed by atoms with van der Waals surface area (Å²) in [4.78, 5) is 10.5. The molecule has 0 saturated carbocycles. The van der Waals surface area contributed by atoms with Crippen LogP contribution >= 0.6 is 0 Å². The van der Waals surface area contributed by atoms with Crippen LogP contribution in [0.1, 0.15) is 34.6 Å². The molecule has 1 aliphatic rings. The van der Waals surface area contributed by atoms with Gasteiger partial charge >= 0.3 is 0 Å². The fourth-order valence-corrected chi connectivity index (χ4v) is 2.83. The monoisotopic (exact) mass is 300 g/mol. The first-order valence-corrected chi connectivity index (χ1v) is 10.0. The Hall–Kier alpha value is -0.493. The number of carbonyl (C=O) groups is 1. The number of allylic oxidation sites excluding steroid dienone is 1. The lowest BCUT2D eigenvalue weighted by Gasteiger charge is -2.37. The van der Waals surface area contributed by atoms with Gasteiger partial charge in [0, 0.05) is 0 Å². The zero-order valence-corrected chi connectivity index (χ0v) is 14.7. The van der Waals surface area contributed by atoms with Gasteiger partial charge in [0.25, 0.3) is 0 Å². The van der Waals surface area contributed by atoms with Crippen molar-refractivity contribution in [1.29, 1.82) is 0 Å². The van der Waals surface area contributed by atoms with Gasteiger partial charge in [-0.1, -0.05) is 20.8 Å². The molecule has 20 heavy (non-hydrogen) atoms. The number of rotatable bonds is 5. The van der Waals surface area contributed by atoms with E-state index in [0.717, 1.165) is 6.29 Å². The fourth-order valence-electron chi connectivity index (χ4n) is 1.82. The number of ether oxygens (including phenoxy) is 2. The van der Waals surface area contributed by atoms with E-state index in [0.29, 0.717) is 6.61 Å². The average Bonchev–Trinajstić information content (AvgIpc) is 2.57. The molecule has 0 aromatic rings. The van der Waals surface area contributed by atoms with Gasteiger partial charge in [-0.2, -0.15) is 0 Å². The lowest BCUT2D eigenvalue weighted by atomic mass is 10.2. The van der Waals surface area contributed by atoms with Crippen molar-refractivity contribution in [3.63, 3.8) is 0 Å². The third kappa shape index (κ3) is 4.51. The Labute approximate surface area is 123 Å². The van der Waals surface area contributed by atoms with Gasteiger partial charge in [0.15, 0.2) is 14.1 Å². The van der Waals surface area contributed by atoms with Crippen molar-refractivity contribution < 1.29 is 18.7 Å². The van der Waals surface area contributed by atoms with E-state index in [-0.39, 0.29) is 17.2 Å². The number of aldehydes is 1. The SMILES string of the molecule is CC1(C)O[C@@H](/C=C/C=O)[C@H](CO[Si](C)(C)C(C)(C)C)O1. The molecule has 0 unspecified atom stereocenters. The van der Waals surface area contributed by atoms with Crippen LogP contribution in [0.2, 0.25) is 18.1 Å². The molecule has 0 radical (unpaired) electrons. The Morgan fingerprint density at radius 1 is 1.25 bits per heavy atom. The van der Waals surface area contributed by atoms with Crippen LogP contribution in [-0.4, -0.2) is 39.2 Å². The Morgan fingerprint density at radius 3 is 2.35 bits per heavy atom. The Bertz CT molecular complexity index is 369. The van der Waals surface area contributed by atoms with Gasteiger partial charge in [-0.25, -0.2) is 0 Å². The highest BCUT2D eigenvalue weighted by molar-refractivity contribution is 6.74. The minimum absolute atomic E-state index is 0.163. The van der Waals surface area contributed by atoms with Crippen LogP contribution in [0.5, 0.6) is 0 Å². The predicted octanol–water partition coefficient (Wildman–Crippen LogP) is 3.28. The normalized spacial score (nSPS) is 27.1. The Morgan fingerprint density at radius 2 is 1.85 bits per heavy atom. The molecule has 1 saturated heterocycles. The summed E-state index contributed by atoms with van der Waals surface area (Å²) in [5.41, 5.74) is 0. The van der Waals surface area contributed by atoms with E-state index in [9.17, 15) is 4.79 Å². The minimum atomic E-state index is -1.81. The molecular weight excluding hydrogens is 272 g/mol. The summed E-state index contributed by atoms with van der Waals surface area (Å²) in [6, 6.07) is 0. The minimum Gasteiger partial charge on any atom is -0.414 e. The van der Waals surface area contributed by atoms with E-state index in [4.69, 9.17) is 13.9 Å². The third-order valence-electron chi connectivity index (χ3n) is 4.02. The van der Waals surface area contributed by atoms with Crippen molar-refractivity contribution in [2.75, 3.05) is 6.61 Å². The average molecular weight is 300 g/mol. The van der Waals surface area contributed by atoms with E-state index >= 15 is 0 Å². The highest BCUT2D eigenvalue weighted by Crippen LogP contribution is 2.37. The van der Waals surface area contributed by atoms with Gasteiger partial charge in [-0.15, -0.1) is 0 Å². The molecular formula is C15H28O4Si. The molecule has 0 aromatic carbocycles. The number of carbonyl (C=O) groups excluding carboxylic acids is 1. The molecule has 0 aromatic heterocycles. The van der Waals surface area contributed by atoms with Gasteiger partial charge < -0.3 is 13.9 Å². The van der Waals surface area contributed by atoms with E-state index in [2.05, 4.69) is 33.9 Å². The molecule has 0 aliphatic carbocycles. The molecule has 1 aliphatic heterocycles. The second-order valence-electron chi connectivity index (χ2n) is 7.23. The van der Waals surface area contributed by atoms with Crippen molar-refractivity contribution >= 4 is 14.6 Å². The van der Waals surface area contributed by atoms with Gasteiger partial charge in [-0.3, -0.25) is 4.79 Å². The highest BCUT2D eigenvalue weighted by atomic mass is 28.4. The summed E-state index contributed by atoms with van der Waals surface area (Å²) in [6.45, 7) is 15.3. The molecule has 116 valence electrons. The smallest absolute Gasteiger partial charge is 0.192 e. The van der Waals surface area contributed by atoms with Crippen LogP contribution in [0.3, 0.4) is 0 Å². The molecule has 2 atom stereocenters. The fraction of sp³-hybridized carbons (Fsp3) is 0.800. The maximum Gasteiger partial charge on any atom is 0.192 e. The van der Waals surface area contributed by atoms with Crippen LogP contribution in [0.25, 0.3) is 0 Å². The second-order valence-corrected chi connectivity index (χ2v) is 12.0. The summed E-state index contributed by atoms with van der Waals surface area (Å²) in [5.74, 6) is -0.640. The van der Waals surface area contributed by atoms with E-state index in [1.807, 2.05) is 13.8 Å².